The van der Waals surface area contributed by atoms with E-state index >= 15 is 0 Å². The number of fused-ring (bicyclic) bond motifs is 1. The van der Waals surface area contributed by atoms with Crippen molar-refractivity contribution in [2.75, 3.05) is 0 Å². The zero-order chi connectivity index (χ0) is 7.14. The Bertz CT molecular complexity index is 148. The summed E-state index contributed by atoms with van der Waals surface area (Å²) in [6.07, 6.45) is 6.58. The van der Waals surface area contributed by atoms with Crippen LogP contribution in [0.25, 0.3) is 0 Å². The molecule has 0 N–H and O–H groups in total. The second kappa shape index (κ2) is 2.11. The van der Waals surface area contributed by atoms with Crippen molar-refractivity contribution in [2.45, 2.75) is 26.2 Å². The molecular formula is C10H16. The summed E-state index contributed by atoms with van der Waals surface area (Å²) < 4.78 is 0. The maximum Gasteiger partial charge on any atom is -0.0202 e. The van der Waals surface area contributed by atoms with Crippen molar-refractivity contribution in [1.29, 1.82) is 0 Å². The Hall–Kier alpha value is -0.260. The molecule has 2 rings (SSSR count). The smallest absolute Gasteiger partial charge is 0.0202 e. The topological polar surface area (TPSA) is 0 Å². The van der Waals surface area contributed by atoms with Gasteiger partial charge in [0.2, 0.25) is 0 Å². The fraction of sp³-hybridized carbons (Fsp3) is 0.800. The van der Waals surface area contributed by atoms with Gasteiger partial charge in [-0.2, -0.15) is 0 Å². The van der Waals surface area contributed by atoms with Crippen molar-refractivity contribution >= 4 is 0 Å². The Morgan fingerprint density at radius 1 is 1.30 bits per heavy atom. The van der Waals surface area contributed by atoms with Crippen LogP contribution in [0.5, 0.6) is 0 Å². The van der Waals surface area contributed by atoms with E-state index in [9.17, 15) is 0 Å². The predicted molar refractivity (Wildman–Crippen MR) is 43.7 cm³/mol. The minimum absolute atomic E-state index is 0.884. The fourth-order valence-corrected chi connectivity index (χ4v) is 2.84. The van der Waals surface area contributed by atoms with Gasteiger partial charge >= 0.3 is 0 Å². The summed E-state index contributed by atoms with van der Waals surface area (Å²) in [6.45, 7) is 6.26. The third-order valence-electron chi connectivity index (χ3n) is 3.41. The van der Waals surface area contributed by atoms with Crippen molar-refractivity contribution in [3.63, 3.8) is 0 Å². The van der Waals surface area contributed by atoms with Gasteiger partial charge in [0.05, 0.1) is 0 Å². The summed E-state index contributed by atoms with van der Waals surface area (Å²) in [5.74, 6) is 4.00. The summed E-state index contributed by atoms with van der Waals surface area (Å²) in [5.41, 5.74) is 0. The van der Waals surface area contributed by atoms with Crippen LogP contribution in [0.15, 0.2) is 12.7 Å². The largest absolute Gasteiger partial charge is 0.103 e. The second-order valence-corrected chi connectivity index (χ2v) is 4.14. The highest BCUT2D eigenvalue weighted by Gasteiger charge is 2.44. The maximum absolute atomic E-state index is 3.87. The van der Waals surface area contributed by atoms with E-state index in [2.05, 4.69) is 19.6 Å². The zero-order valence-electron chi connectivity index (χ0n) is 6.72. The molecule has 0 aromatic rings. The van der Waals surface area contributed by atoms with Gasteiger partial charge in [-0.3, -0.25) is 0 Å². The first-order chi connectivity index (χ1) is 4.81. The molecule has 0 bridgehead atoms. The minimum Gasteiger partial charge on any atom is -0.103 e. The molecule has 0 heteroatoms. The van der Waals surface area contributed by atoms with Crippen molar-refractivity contribution in [1.82, 2.24) is 0 Å². The lowest BCUT2D eigenvalue weighted by molar-refractivity contribution is 0.145. The highest BCUT2D eigenvalue weighted by molar-refractivity contribution is 5.02. The normalized spacial score (nSPS) is 51.7. The maximum atomic E-state index is 3.87. The number of hydrogen-bond acceptors (Lipinski definition) is 0. The lowest BCUT2D eigenvalue weighted by atomic mass is 9.67. The van der Waals surface area contributed by atoms with Gasteiger partial charge in [-0.1, -0.05) is 13.0 Å². The van der Waals surface area contributed by atoms with Gasteiger partial charge in [0.1, 0.15) is 0 Å². The summed E-state index contributed by atoms with van der Waals surface area (Å²) >= 11 is 0. The molecule has 0 aromatic heterocycles. The molecular weight excluding hydrogens is 120 g/mol. The van der Waals surface area contributed by atoms with Gasteiger partial charge in [0, 0.05) is 0 Å². The Morgan fingerprint density at radius 3 is 2.70 bits per heavy atom. The molecule has 2 fully saturated rings. The van der Waals surface area contributed by atoms with E-state index in [4.69, 9.17) is 0 Å². The quantitative estimate of drug-likeness (QED) is 0.486. The van der Waals surface area contributed by atoms with E-state index < -0.39 is 0 Å². The van der Waals surface area contributed by atoms with E-state index in [1.165, 1.54) is 19.3 Å². The third kappa shape index (κ3) is 0.744. The molecule has 2 aliphatic rings. The molecule has 0 amide bonds. The second-order valence-electron chi connectivity index (χ2n) is 4.14. The van der Waals surface area contributed by atoms with Crippen LogP contribution in [-0.4, -0.2) is 0 Å². The molecule has 2 saturated carbocycles. The average molecular weight is 136 g/mol. The van der Waals surface area contributed by atoms with E-state index in [0.717, 1.165) is 23.7 Å². The highest BCUT2D eigenvalue weighted by Crippen LogP contribution is 2.53. The molecule has 56 valence electrons. The molecule has 10 heavy (non-hydrogen) atoms. The van der Waals surface area contributed by atoms with E-state index in [1.807, 2.05) is 0 Å². The van der Waals surface area contributed by atoms with Crippen molar-refractivity contribution in [3.05, 3.63) is 12.7 Å². The number of hydrogen-bond donors (Lipinski definition) is 0. The standard InChI is InChI=1S/C10H16/c1-3-8-6-9-4-7(2)5-10(8)9/h3,7-10H,1,4-6H2,2H3. The molecule has 0 radical (unpaired) electrons. The number of allylic oxidation sites excluding steroid dienone is 1. The SMILES string of the molecule is C=CC1CC2CC(C)CC12. The van der Waals surface area contributed by atoms with Crippen molar-refractivity contribution in [3.8, 4) is 0 Å². The Kier molecular flexibility index (Phi) is 1.36. The van der Waals surface area contributed by atoms with Crippen LogP contribution in [0.3, 0.4) is 0 Å². The lowest BCUT2D eigenvalue weighted by Crippen LogP contribution is -2.30. The van der Waals surface area contributed by atoms with Crippen LogP contribution in [0, 0.1) is 23.7 Å². The zero-order valence-corrected chi connectivity index (χ0v) is 6.72. The van der Waals surface area contributed by atoms with Crippen molar-refractivity contribution in [2.24, 2.45) is 23.7 Å². The molecule has 0 spiro atoms. The summed E-state index contributed by atoms with van der Waals surface area (Å²) in [6, 6.07) is 0. The monoisotopic (exact) mass is 136 g/mol. The summed E-state index contributed by atoms with van der Waals surface area (Å²) in [5, 5.41) is 0. The van der Waals surface area contributed by atoms with Crippen LogP contribution in [0.2, 0.25) is 0 Å². The van der Waals surface area contributed by atoms with Gasteiger partial charge < -0.3 is 0 Å². The molecule has 0 nitrogen and oxygen atoms in total. The third-order valence-corrected chi connectivity index (χ3v) is 3.41. The van der Waals surface area contributed by atoms with Crippen LogP contribution in [0.4, 0.5) is 0 Å². The first kappa shape index (κ1) is 6.45. The van der Waals surface area contributed by atoms with E-state index in [1.54, 1.807) is 0 Å². The van der Waals surface area contributed by atoms with Crippen LogP contribution < -0.4 is 0 Å². The minimum atomic E-state index is 0.884. The summed E-state index contributed by atoms with van der Waals surface area (Å²) in [4.78, 5) is 0. The lowest BCUT2D eigenvalue weighted by Gasteiger charge is -2.38. The molecule has 2 aliphatic carbocycles. The van der Waals surface area contributed by atoms with Gasteiger partial charge in [-0.05, 0) is 42.9 Å². The molecule has 0 aromatic carbocycles. The summed E-state index contributed by atoms with van der Waals surface area (Å²) in [7, 11) is 0. The average Bonchev–Trinajstić information content (AvgIpc) is 2.15. The van der Waals surface area contributed by atoms with E-state index in [0.29, 0.717) is 0 Å². The number of rotatable bonds is 1. The Labute approximate surface area is 63.3 Å². The van der Waals surface area contributed by atoms with Gasteiger partial charge in [0.25, 0.3) is 0 Å². The van der Waals surface area contributed by atoms with Crippen LogP contribution in [-0.2, 0) is 0 Å². The van der Waals surface area contributed by atoms with Crippen LogP contribution in [0.1, 0.15) is 26.2 Å². The predicted octanol–water partition coefficient (Wildman–Crippen LogP) is 2.85. The molecule has 0 heterocycles. The van der Waals surface area contributed by atoms with Crippen LogP contribution >= 0.6 is 0 Å². The van der Waals surface area contributed by atoms with Gasteiger partial charge in [-0.15, -0.1) is 6.58 Å². The Balaban J connectivity index is 1.99. The molecule has 4 unspecified atom stereocenters. The first-order valence-corrected chi connectivity index (χ1v) is 4.44. The first-order valence-electron chi connectivity index (χ1n) is 4.44. The van der Waals surface area contributed by atoms with Gasteiger partial charge in [0.15, 0.2) is 0 Å². The van der Waals surface area contributed by atoms with E-state index in [-0.39, 0.29) is 0 Å². The Morgan fingerprint density at radius 2 is 2.10 bits per heavy atom. The highest BCUT2D eigenvalue weighted by atomic mass is 14.5. The van der Waals surface area contributed by atoms with Crippen molar-refractivity contribution < 1.29 is 0 Å². The fourth-order valence-electron chi connectivity index (χ4n) is 2.84. The van der Waals surface area contributed by atoms with Gasteiger partial charge in [-0.25, -0.2) is 0 Å². The molecule has 4 atom stereocenters. The molecule has 0 saturated heterocycles. The molecule has 0 aliphatic heterocycles.